The number of carbonyl (C=O) groups is 1. The Morgan fingerprint density at radius 1 is 0.938 bits per heavy atom. The van der Waals surface area contributed by atoms with E-state index in [0.717, 1.165) is 28.3 Å². The summed E-state index contributed by atoms with van der Waals surface area (Å²) in [4.78, 5) is 18.5. The van der Waals surface area contributed by atoms with E-state index >= 15 is 0 Å². The third-order valence-corrected chi connectivity index (χ3v) is 5.82. The number of fused-ring (bicyclic) bond motifs is 3. The van der Waals surface area contributed by atoms with Crippen LogP contribution in [0.25, 0.3) is 28.2 Å². The van der Waals surface area contributed by atoms with E-state index in [1.54, 1.807) is 18.9 Å². The molecule has 0 radical (unpaired) electrons. The molecular weight excluding hydrogens is 402 g/mol. The molecule has 5 rings (SSSR count). The molecule has 0 atom stereocenters. The Kier molecular flexibility index (Phi) is 4.93. The van der Waals surface area contributed by atoms with Gasteiger partial charge in [0.15, 0.2) is 11.6 Å². The van der Waals surface area contributed by atoms with Gasteiger partial charge in [-0.25, -0.2) is 4.98 Å². The molecule has 0 N–H and O–H groups in total. The molecule has 1 amide bonds. The van der Waals surface area contributed by atoms with Crippen LogP contribution in [0.3, 0.4) is 0 Å². The quantitative estimate of drug-likeness (QED) is 0.492. The summed E-state index contributed by atoms with van der Waals surface area (Å²) in [6, 6.07) is 20.4. The van der Waals surface area contributed by atoms with Crippen molar-refractivity contribution in [3.05, 3.63) is 77.7 Å². The highest BCUT2D eigenvalue weighted by atomic mass is 16.5. The molecule has 7 heteroatoms. The smallest absolute Gasteiger partial charge is 0.220 e. The fourth-order valence-corrected chi connectivity index (χ4v) is 4.09. The van der Waals surface area contributed by atoms with Crippen LogP contribution in [0, 0.1) is 6.92 Å². The molecule has 0 aliphatic carbocycles. The number of pyridine rings is 1. The van der Waals surface area contributed by atoms with Gasteiger partial charge in [-0.1, -0.05) is 48.5 Å². The lowest BCUT2D eigenvalue weighted by Crippen LogP contribution is -2.27. The van der Waals surface area contributed by atoms with E-state index < -0.39 is 0 Å². The molecule has 0 bridgehead atoms. The fraction of sp³-hybridized carbons (Fsp3) is 0.200. The predicted molar refractivity (Wildman–Crippen MR) is 121 cm³/mol. The number of rotatable bonds is 3. The van der Waals surface area contributed by atoms with Crippen LogP contribution in [-0.2, 0) is 17.9 Å². The highest BCUT2D eigenvalue weighted by Gasteiger charge is 2.26. The predicted octanol–water partition coefficient (Wildman–Crippen LogP) is 4.18. The molecule has 4 aromatic rings. The van der Waals surface area contributed by atoms with Gasteiger partial charge in [0, 0.05) is 18.6 Å². The van der Waals surface area contributed by atoms with Crippen LogP contribution in [0.5, 0.6) is 5.88 Å². The Bertz CT molecular complexity index is 1310. The first-order valence-electron chi connectivity index (χ1n) is 10.5. The van der Waals surface area contributed by atoms with Crippen LogP contribution < -0.4 is 4.74 Å². The fourth-order valence-electron chi connectivity index (χ4n) is 4.09. The zero-order valence-corrected chi connectivity index (χ0v) is 18.2. The topological polar surface area (TPSA) is 73.1 Å². The van der Waals surface area contributed by atoms with E-state index in [4.69, 9.17) is 4.74 Å². The number of methoxy groups -OCH3 is 1. The number of ether oxygens (including phenoxy) is 1. The van der Waals surface area contributed by atoms with Crippen LogP contribution >= 0.6 is 0 Å². The minimum atomic E-state index is -0.0406. The van der Waals surface area contributed by atoms with Crippen molar-refractivity contribution < 1.29 is 9.53 Å². The minimum absolute atomic E-state index is 0.0406. The number of aryl methyl sites for hydroxylation is 1. The van der Waals surface area contributed by atoms with Crippen molar-refractivity contribution in [1.29, 1.82) is 0 Å². The number of amides is 1. The van der Waals surface area contributed by atoms with E-state index in [2.05, 4.69) is 58.5 Å². The van der Waals surface area contributed by atoms with Crippen LogP contribution in [0.4, 0.5) is 0 Å². The summed E-state index contributed by atoms with van der Waals surface area (Å²) < 4.78 is 7.30. The Morgan fingerprint density at radius 2 is 1.69 bits per heavy atom. The summed E-state index contributed by atoms with van der Waals surface area (Å²) >= 11 is 0. The first-order chi connectivity index (χ1) is 15.5. The average Bonchev–Trinajstić information content (AvgIpc) is 3.14. The summed E-state index contributed by atoms with van der Waals surface area (Å²) in [6.07, 6.45) is 0. The second-order valence-corrected chi connectivity index (χ2v) is 7.86. The van der Waals surface area contributed by atoms with E-state index in [9.17, 15) is 4.79 Å². The molecule has 2 aromatic carbocycles. The Labute approximate surface area is 186 Å². The maximum Gasteiger partial charge on any atom is 0.220 e. The van der Waals surface area contributed by atoms with Crippen molar-refractivity contribution in [2.24, 2.45) is 0 Å². The van der Waals surface area contributed by atoms with E-state index in [0.29, 0.717) is 24.8 Å². The standard InChI is InChI=1S/C25H23N5O2/c1-16-6-4-5-7-20(16)18-8-10-19(11-9-18)25-28-27-23-15-29(17(2)31)14-21-22(30(23)25)12-13-24(26-21)32-3/h4-13H,14-15H2,1-3H3. The summed E-state index contributed by atoms with van der Waals surface area (Å²) in [5.74, 6) is 1.88. The number of hydrogen-bond acceptors (Lipinski definition) is 5. The molecule has 0 unspecified atom stereocenters. The Hall–Kier alpha value is -4.00. The van der Waals surface area contributed by atoms with Crippen molar-refractivity contribution in [1.82, 2.24) is 24.6 Å². The highest BCUT2D eigenvalue weighted by molar-refractivity contribution is 5.74. The van der Waals surface area contributed by atoms with E-state index in [1.807, 2.05) is 28.8 Å². The summed E-state index contributed by atoms with van der Waals surface area (Å²) in [6.45, 7) is 4.41. The zero-order chi connectivity index (χ0) is 22.2. The molecule has 0 fully saturated rings. The first-order valence-corrected chi connectivity index (χ1v) is 10.5. The van der Waals surface area contributed by atoms with Crippen molar-refractivity contribution >= 4 is 5.91 Å². The van der Waals surface area contributed by atoms with Gasteiger partial charge in [-0.05, 0) is 29.7 Å². The normalized spacial score (nSPS) is 12.7. The van der Waals surface area contributed by atoms with Crippen LogP contribution in [0.15, 0.2) is 60.7 Å². The number of hydrogen-bond donors (Lipinski definition) is 0. The van der Waals surface area contributed by atoms with Gasteiger partial charge in [0.1, 0.15) is 0 Å². The minimum Gasteiger partial charge on any atom is -0.481 e. The number of nitrogens with zero attached hydrogens (tertiary/aromatic N) is 5. The molecule has 0 saturated heterocycles. The lowest BCUT2D eigenvalue weighted by atomic mass is 9.99. The van der Waals surface area contributed by atoms with Gasteiger partial charge in [0.25, 0.3) is 0 Å². The van der Waals surface area contributed by atoms with Gasteiger partial charge in [-0.15, -0.1) is 10.2 Å². The lowest BCUT2D eigenvalue weighted by molar-refractivity contribution is -0.130. The second kappa shape index (κ2) is 7.92. The highest BCUT2D eigenvalue weighted by Crippen LogP contribution is 2.31. The lowest BCUT2D eigenvalue weighted by Gasteiger charge is -2.17. The maximum atomic E-state index is 12.2. The first kappa shape index (κ1) is 19.9. The van der Waals surface area contributed by atoms with Gasteiger partial charge < -0.3 is 9.64 Å². The van der Waals surface area contributed by atoms with E-state index in [1.165, 1.54) is 11.1 Å². The van der Waals surface area contributed by atoms with Gasteiger partial charge >= 0.3 is 0 Å². The summed E-state index contributed by atoms with van der Waals surface area (Å²) in [7, 11) is 1.58. The van der Waals surface area contributed by atoms with Gasteiger partial charge in [0.05, 0.1) is 31.6 Å². The monoisotopic (exact) mass is 425 g/mol. The van der Waals surface area contributed by atoms with Crippen molar-refractivity contribution in [3.63, 3.8) is 0 Å². The van der Waals surface area contributed by atoms with E-state index in [-0.39, 0.29) is 5.91 Å². The van der Waals surface area contributed by atoms with Crippen LogP contribution in [0.2, 0.25) is 0 Å². The molecule has 0 spiro atoms. The molecule has 2 aromatic heterocycles. The Morgan fingerprint density at radius 3 is 2.41 bits per heavy atom. The SMILES string of the molecule is COc1ccc2c(n1)CN(C(C)=O)Cc1nnc(-c3ccc(-c4ccccc4C)cc3)n1-2. The van der Waals surface area contributed by atoms with Crippen molar-refractivity contribution in [3.8, 4) is 34.1 Å². The molecule has 0 saturated carbocycles. The third kappa shape index (κ3) is 3.41. The number of carbonyl (C=O) groups excluding carboxylic acids is 1. The van der Waals surface area contributed by atoms with Crippen LogP contribution in [-0.4, -0.2) is 37.7 Å². The molecule has 7 nitrogen and oxygen atoms in total. The van der Waals surface area contributed by atoms with Gasteiger partial charge in [-0.3, -0.25) is 9.36 Å². The number of benzene rings is 2. The largest absolute Gasteiger partial charge is 0.481 e. The molecule has 1 aliphatic heterocycles. The zero-order valence-electron chi connectivity index (χ0n) is 18.2. The number of aromatic nitrogens is 4. The van der Waals surface area contributed by atoms with Crippen LogP contribution in [0.1, 0.15) is 24.0 Å². The third-order valence-electron chi connectivity index (χ3n) is 5.82. The summed E-state index contributed by atoms with van der Waals surface area (Å²) in [5.41, 5.74) is 6.13. The molecule has 3 heterocycles. The van der Waals surface area contributed by atoms with Gasteiger partial charge in [-0.2, -0.15) is 0 Å². The molecule has 1 aliphatic rings. The molecular formula is C25H23N5O2. The molecule has 160 valence electrons. The van der Waals surface area contributed by atoms with Crippen molar-refractivity contribution in [2.75, 3.05) is 7.11 Å². The summed E-state index contributed by atoms with van der Waals surface area (Å²) in [5, 5.41) is 8.90. The van der Waals surface area contributed by atoms with Gasteiger partial charge in [0.2, 0.25) is 11.8 Å². The average molecular weight is 425 g/mol. The second-order valence-electron chi connectivity index (χ2n) is 7.86. The molecule has 32 heavy (non-hydrogen) atoms. The van der Waals surface area contributed by atoms with Crippen molar-refractivity contribution in [2.45, 2.75) is 26.9 Å². The maximum absolute atomic E-state index is 12.2. The Balaban J connectivity index is 1.62.